The topological polar surface area (TPSA) is 12.0 Å². The minimum Gasteiger partial charge on any atom is -0.314 e. The van der Waals surface area contributed by atoms with Crippen LogP contribution in [-0.2, 0) is 6.42 Å². The summed E-state index contributed by atoms with van der Waals surface area (Å²) in [6.07, 6.45) is 6.78. The van der Waals surface area contributed by atoms with Gasteiger partial charge in [-0.15, -0.1) is 23.7 Å². The van der Waals surface area contributed by atoms with E-state index in [1.807, 2.05) is 11.3 Å². The molecule has 1 N–H and O–H groups in total. The molecule has 1 aromatic rings. The molecule has 2 rings (SSSR count). The van der Waals surface area contributed by atoms with Crippen LogP contribution >= 0.6 is 39.7 Å². The fourth-order valence-electron chi connectivity index (χ4n) is 2.02. The molecular weight excluding hydrogens is 294 g/mol. The van der Waals surface area contributed by atoms with Crippen molar-refractivity contribution in [3.8, 4) is 0 Å². The summed E-state index contributed by atoms with van der Waals surface area (Å²) in [4.78, 5) is 1.47. The number of nitrogens with one attached hydrogen (secondary N) is 1. The van der Waals surface area contributed by atoms with E-state index in [-0.39, 0.29) is 12.4 Å². The highest BCUT2D eigenvalue weighted by molar-refractivity contribution is 9.11. The van der Waals surface area contributed by atoms with E-state index >= 15 is 0 Å². The smallest absolute Gasteiger partial charge is 0.0701 e. The highest BCUT2D eigenvalue weighted by atomic mass is 79.9. The maximum absolute atomic E-state index is 3.63. The molecule has 1 aliphatic rings. The average Bonchev–Trinajstić information content (AvgIpc) is 2.77. The first-order valence-corrected chi connectivity index (χ1v) is 6.93. The van der Waals surface area contributed by atoms with Crippen molar-refractivity contribution in [2.24, 2.45) is 0 Å². The van der Waals surface area contributed by atoms with Crippen molar-refractivity contribution in [2.75, 3.05) is 6.54 Å². The minimum atomic E-state index is 0. The van der Waals surface area contributed by atoms with Crippen molar-refractivity contribution in [1.29, 1.82) is 0 Å². The molecule has 4 heteroatoms. The number of rotatable bonds is 4. The van der Waals surface area contributed by atoms with Gasteiger partial charge in [-0.2, -0.15) is 0 Å². The second-order valence-corrected chi connectivity index (χ2v) is 6.44. The Kier molecular flexibility index (Phi) is 6.20. The Hall–Kier alpha value is 0.430. The Bertz CT molecular complexity index is 284. The fraction of sp³-hybridized carbons (Fsp3) is 0.636. The van der Waals surface area contributed by atoms with Crippen molar-refractivity contribution in [2.45, 2.75) is 38.1 Å². The number of thiophene rings is 1. The van der Waals surface area contributed by atoms with Crippen LogP contribution in [0, 0.1) is 0 Å². The molecule has 0 radical (unpaired) electrons. The average molecular weight is 311 g/mol. The molecule has 0 bridgehead atoms. The zero-order chi connectivity index (χ0) is 9.80. The fourth-order valence-corrected chi connectivity index (χ4v) is 3.50. The second kappa shape index (κ2) is 6.89. The lowest BCUT2D eigenvalue weighted by molar-refractivity contribution is 0.529. The molecule has 1 heterocycles. The molecule has 1 saturated carbocycles. The molecule has 15 heavy (non-hydrogen) atoms. The quantitative estimate of drug-likeness (QED) is 0.886. The third-order valence-corrected chi connectivity index (χ3v) is 4.47. The molecule has 0 saturated heterocycles. The maximum Gasteiger partial charge on any atom is 0.0701 e. The van der Waals surface area contributed by atoms with Crippen LogP contribution in [0.15, 0.2) is 15.9 Å². The number of hydrogen-bond donors (Lipinski definition) is 1. The zero-order valence-corrected chi connectivity index (χ0v) is 11.9. The van der Waals surface area contributed by atoms with E-state index in [9.17, 15) is 0 Å². The lowest BCUT2D eigenvalue weighted by atomic mass is 10.2. The third kappa shape index (κ3) is 4.43. The van der Waals surface area contributed by atoms with Gasteiger partial charge in [0, 0.05) is 17.5 Å². The summed E-state index contributed by atoms with van der Waals surface area (Å²) in [5.74, 6) is 0. The summed E-state index contributed by atoms with van der Waals surface area (Å²) in [6, 6.07) is 5.15. The minimum absolute atomic E-state index is 0. The summed E-state index contributed by atoms with van der Waals surface area (Å²) in [5.41, 5.74) is 0. The predicted octanol–water partition coefficient (Wildman–Crippen LogP) is 4.01. The SMILES string of the molecule is Brc1ccc(CCNC2CCCC2)s1.Cl. The van der Waals surface area contributed by atoms with Crippen molar-refractivity contribution >= 4 is 39.7 Å². The molecule has 0 amide bonds. The molecule has 1 aliphatic carbocycles. The Morgan fingerprint density at radius 2 is 2.07 bits per heavy atom. The molecule has 86 valence electrons. The summed E-state index contributed by atoms with van der Waals surface area (Å²) in [5, 5.41) is 3.63. The van der Waals surface area contributed by atoms with E-state index < -0.39 is 0 Å². The van der Waals surface area contributed by atoms with Gasteiger partial charge in [0.2, 0.25) is 0 Å². The predicted molar refractivity (Wildman–Crippen MR) is 73.2 cm³/mol. The van der Waals surface area contributed by atoms with Crippen LogP contribution in [0.5, 0.6) is 0 Å². The Morgan fingerprint density at radius 3 is 2.67 bits per heavy atom. The normalized spacial score (nSPS) is 16.6. The lowest BCUT2D eigenvalue weighted by Crippen LogP contribution is -2.27. The molecule has 0 unspecified atom stereocenters. The second-order valence-electron chi connectivity index (χ2n) is 3.89. The van der Waals surface area contributed by atoms with Gasteiger partial charge < -0.3 is 5.32 Å². The molecule has 0 aliphatic heterocycles. The Morgan fingerprint density at radius 1 is 1.33 bits per heavy atom. The van der Waals surface area contributed by atoms with Crippen molar-refractivity contribution in [1.82, 2.24) is 5.32 Å². The first-order chi connectivity index (χ1) is 6.84. The van der Waals surface area contributed by atoms with Crippen LogP contribution in [0.3, 0.4) is 0 Å². The van der Waals surface area contributed by atoms with E-state index in [1.54, 1.807) is 0 Å². The van der Waals surface area contributed by atoms with E-state index in [0.717, 1.165) is 12.6 Å². The van der Waals surface area contributed by atoms with Crippen LogP contribution in [0.1, 0.15) is 30.6 Å². The van der Waals surface area contributed by atoms with Gasteiger partial charge >= 0.3 is 0 Å². The summed E-state index contributed by atoms with van der Waals surface area (Å²) >= 11 is 5.34. The monoisotopic (exact) mass is 309 g/mol. The van der Waals surface area contributed by atoms with Crippen molar-refractivity contribution in [3.63, 3.8) is 0 Å². The van der Waals surface area contributed by atoms with Gasteiger partial charge in [-0.05, 0) is 47.3 Å². The lowest BCUT2D eigenvalue weighted by Gasteiger charge is -2.10. The maximum atomic E-state index is 3.63. The van der Waals surface area contributed by atoms with Gasteiger partial charge in [-0.25, -0.2) is 0 Å². The zero-order valence-electron chi connectivity index (χ0n) is 8.67. The van der Waals surface area contributed by atoms with Crippen LogP contribution in [0.4, 0.5) is 0 Å². The van der Waals surface area contributed by atoms with Gasteiger partial charge in [0.05, 0.1) is 3.79 Å². The molecule has 1 nitrogen and oxygen atoms in total. The molecule has 0 atom stereocenters. The van der Waals surface area contributed by atoms with Crippen LogP contribution < -0.4 is 5.32 Å². The highest BCUT2D eigenvalue weighted by Crippen LogP contribution is 2.22. The number of hydrogen-bond acceptors (Lipinski definition) is 2. The van der Waals surface area contributed by atoms with Gasteiger partial charge in [-0.1, -0.05) is 12.8 Å². The van der Waals surface area contributed by atoms with Crippen molar-refractivity contribution in [3.05, 3.63) is 20.8 Å². The van der Waals surface area contributed by atoms with E-state index in [1.165, 1.54) is 40.8 Å². The summed E-state index contributed by atoms with van der Waals surface area (Å²) in [7, 11) is 0. The molecule has 0 spiro atoms. The van der Waals surface area contributed by atoms with Gasteiger partial charge in [-0.3, -0.25) is 0 Å². The van der Waals surface area contributed by atoms with E-state index in [0.29, 0.717) is 0 Å². The molecule has 0 aromatic carbocycles. The van der Waals surface area contributed by atoms with Crippen molar-refractivity contribution < 1.29 is 0 Å². The Labute approximate surface area is 110 Å². The Balaban J connectivity index is 0.00000112. The highest BCUT2D eigenvalue weighted by Gasteiger charge is 2.13. The molecule has 1 fully saturated rings. The largest absolute Gasteiger partial charge is 0.314 e. The summed E-state index contributed by atoms with van der Waals surface area (Å²) in [6.45, 7) is 1.14. The number of halogens is 2. The van der Waals surface area contributed by atoms with E-state index in [2.05, 4.69) is 33.4 Å². The van der Waals surface area contributed by atoms with Crippen LogP contribution in [0.2, 0.25) is 0 Å². The summed E-state index contributed by atoms with van der Waals surface area (Å²) < 4.78 is 1.24. The van der Waals surface area contributed by atoms with Crippen LogP contribution in [0.25, 0.3) is 0 Å². The first kappa shape index (κ1) is 13.5. The van der Waals surface area contributed by atoms with Crippen LogP contribution in [-0.4, -0.2) is 12.6 Å². The van der Waals surface area contributed by atoms with E-state index in [4.69, 9.17) is 0 Å². The van der Waals surface area contributed by atoms with Gasteiger partial charge in [0.25, 0.3) is 0 Å². The third-order valence-electron chi connectivity index (χ3n) is 2.79. The molecule has 1 aromatic heterocycles. The first-order valence-electron chi connectivity index (χ1n) is 5.32. The van der Waals surface area contributed by atoms with Gasteiger partial charge in [0.15, 0.2) is 0 Å². The van der Waals surface area contributed by atoms with Gasteiger partial charge in [0.1, 0.15) is 0 Å². The molecular formula is C11H17BrClNS. The standard InChI is InChI=1S/C11H16BrNS.ClH/c12-11-6-5-10(14-11)7-8-13-9-3-1-2-4-9;/h5-6,9,13H,1-4,7-8H2;1H.